The Morgan fingerprint density at radius 3 is 2.42 bits per heavy atom. The molecule has 1 saturated heterocycles. The van der Waals surface area contributed by atoms with Gasteiger partial charge in [-0.2, -0.15) is 0 Å². The van der Waals surface area contributed by atoms with E-state index in [2.05, 4.69) is 0 Å². The van der Waals surface area contributed by atoms with Gasteiger partial charge in [-0.05, 0) is 43.1 Å². The molecule has 3 rings (SSSR count). The molecule has 2 aliphatic rings. The van der Waals surface area contributed by atoms with E-state index in [9.17, 15) is 9.59 Å². The largest absolute Gasteiger partial charge is 0.461 e. The molecule has 1 aliphatic carbocycles. The molecule has 4 nitrogen and oxygen atoms in total. The van der Waals surface area contributed by atoms with E-state index < -0.39 is 0 Å². The van der Waals surface area contributed by atoms with Crippen LogP contribution >= 0.6 is 0 Å². The number of ether oxygens (including phenoxy) is 2. The third-order valence-corrected chi connectivity index (χ3v) is 5.22. The molecule has 0 aromatic heterocycles. The van der Waals surface area contributed by atoms with Gasteiger partial charge < -0.3 is 9.47 Å². The highest BCUT2D eigenvalue weighted by atomic mass is 16.5. The van der Waals surface area contributed by atoms with Crippen molar-refractivity contribution in [2.75, 3.05) is 13.2 Å². The number of hydrogen-bond acceptors (Lipinski definition) is 4. The van der Waals surface area contributed by atoms with Gasteiger partial charge in [-0.3, -0.25) is 9.59 Å². The molecule has 4 heteroatoms. The van der Waals surface area contributed by atoms with Gasteiger partial charge in [-0.15, -0.1) is 0 Å². The minimum Gasteiger partial charge on any atom is -0.461 e. The van der Waals surface area contributed by atoms with Crippen LogP contribution in [0.1, 0.15) is 44.1 Å². The highest BCUT2D eigenvalue weighted by molar-refractivity contribution is 5.82. The Hall–Kier alpha value is -1.68. The molecule has 1 saturated carbocycles. The minimum atomic E-state index is -0.154. The summed E-state index contributed by atoms with van der Waals surface area (Å²) in [6, 6.07) is 9.70. The van der Waals surface area contributed by atoms with Crippen LogP contribution in [0.5, 0.6) is 0 Å². The number of hydrogen-bond donors (Lipinski definition) is 0. The highest BCUT2D eigenvalue weighted by Crippen LogP contribution is 2.38. The van der Waals surface area contributed by atoms with E-state index in [1.54, 1.807) is 0 Å². The van der Waals surface area contributed by atoms with Crippen molar-refractivity contribution in [2.24, 2.45) is 17.8 Å². The molecule has 1 aromatic carbocycles. The van der Waals surface area contributed by atoms with Gasteiger partial charge in [0.15, 0.2) is 0 Å². The number of rotatable bonds is 7. The molecule has 0 bridgehead atoms. The molecule has 0 N–H and O–H groups in total. The van der Waals surface area contributed by atoms with Gasteiger partial charge in [-0.1, -0.05) is 30.3 Å². The lowest BCUT2D eigenvalue weighted by Gasteiger charge is -2.34. The summed E-state index contributed by atoms with van der Waals surface area (Å²) in [5.41, 5.74) is 1.00. The second-order valence-corrected chi connectivity index (χ2v) is 7.11. The second kappa shape index (κ2) is 8.43. The SMILES string of the molecule is O=C(CC1CC(C(=O)CC2CCOCC2)C1)OCc1ccccc1. The van der Waals surface area contributed by atoms with Crippen LogP contribution in [0.3, 0.4) is 0 Å². The van der Waals surface area contributed by atoms with Gasteiger partial charge in [0.1, 0.15) is 12.4 Å². The molecule has 0 atom stereocenters. The summed E-state index contributed by atoms with van der Waals surface area (Å²) < 4.78 is 10.6. The van der Waals surface area contributed by atoms with E-state index >= 15 is 0 Å². The zero-order valence-corrected chi connectivity index (χ0v) is 14.1. The van der Waals surface area contributed by atoms with Crippen LogP contribution in [0.4, 0.5) is 0 Å². The molecule has 24 heavy (non-hydrogen) atoms. The summed E-state index contributed by atoms with van der Waals surface area (Å²) in [4.78, 5) is 24.2. The quantitative estimate of drug-likeness (QED) is 0.718. The van der Waals surface area contributed by atoms with Crippen molar-refractivity contribution in [3.63, 3.8) is 0 Å². The minimum absolute atomic E-state index is 0.154. The second-order valence-electron chi connectivity index (χ2n) is 7.11. The molecular weight excluding hydrogens is 304 g/mol. The van der Waals surface area contributed by atoms with Crippen molar-refractivity contribution in [1.82, 2.24) is 0 Å². The predicted octanol–water partition coefficient (Wildman–Crippen LogP) is 3.53. The summed E-state index contributed by atoms with van der Waals surface area (Å²) in [5, 5.41) is 0. The highest BCUT2D eigenvalue weighted by Gasteiger charge is 2.36. The molecule has 1 aromatic rings. The van der Waals surface area contributed by atoms with Crippen LogP contribution in [0, 0.1) is 17.8 Å². The Bertz CT molecular complexity index is 542. The van der Waals surface area contributed by atoms with Crippen LogP contribution in [0.25, 0.3) is 0 Å². The first-order chi connectivity index (χ1) is 11.7. The Kier molecular flexibility index (Phi) is 6.02. The van der Waals surface area contributed by atoms with Gasteiger partial charge >= 0.3 is 5.97 Å². The molecule has 1 heterocycles. The summed E-state index contributed by atoms with van der Waals surface area (Å²) in [6.45, 7) is 1.91. The fourth-order valence-corrected chi connectivity index (χ4v) is 3.60. The average molecular weight is 330 g/mol. The number of Topliss-reactive ketones (excluding diaryl/α,β-unsaturated/α-hetero) is 1. The lowest BCUT2D eigenvalue weighted by atomic mass is 9.69. The van der Waals surface area contributed by atoms with E-state index in [4.69, 9.17) is 9.47 Å². The summed E-state index contributed by atoms with van der Waals surface area (Å²) in [7, 11) is 0. The van der Waals surface area contributed by atoms with Crippen molar-refractivity contribution in [1.29, 1.82) is 0 Å². The third kappa shape index (κ3) is 4.91. The third-order valence-electron chi connectivity index (χ3n) is 5.22. The van der Waals surface area contributed by atoms with E-state index in [-0.39, 0.29) is 11.9 Å². The number of benzene rings is 1. The van der Waals surface area contributed by atoms with Crippen molar-refractivity contribution < 1.29 is 19.1 Å². The van der Waals surface area contributed by atoms with Crippen molar-refractivity contribution in [3.8, 4) is 0 Å². The van der Waals surface area contributed by atoms with E-state index in [0.29, 0.717) is 37.1 Å². The maximum absolute atomic E-state index is 12.3. The molecule has 0 radical (unpaired) electrons. The molecule has 2 fully saturated rings. The lowest BCUT2D eigenvalue weighted by Crippen LogP contribution is -2.33. The molecule has 1 aliphatic heterocycles. The topological polar surface area (TPSA) is 52.6 Å². The standard InChI is InChI=1S/C20H26O4/c21-19(12-15-6-8-23-9-7-15)18-10-17(11-18)13-20(22)24-14-16-4-2-1-3-5-16/h1-5,15,17-18H,6-14H2. The maximum Gasteiger partial charge on any atom is 0.306 e. The van der Waals surface area contributed by atoms with Gasteiger partial charge in [0.2, 0.25) is 0 Å². The summed E-state index contributed by atoms with van der Waals surface area (Å²) in [6.07, 6.45) is 4.85. The van der Waals surface area contributed by atoms with Gasteiger partial charge in [0.25, 0.3) is 0 Å². The summed E-state index contributed by atoms with van der Waals surface area (Å²) in [5.74, 6) is 1.22. The number of carbonyl (C=O) groups excluding carboxylic acids is 2. The Morgan fingerprint density at radius 1 is 1.00 bits per heavy atom. The number of carbonyl (C=O) groups is 2. The van der Waals surface area contributed by atoms with Crippen LogP contribution < -0.4 is 0 Å². The maximum atomic E-state index is 12.3. The zero-order chi connectivity index (χ0) is 16.8. The normalized spacial score (nSPS) is 24.2. The molecular formula is C20H26O4. The Morgan fingerprint density at radius 2 is 1.71 bits per heavy atom. The van der Waals surface area contributed by atoms with E-state index in [1.807, 2.05) is 30.3 Å². The van der Waals surface area contributed by atoms with Crippen LogP contribution in [0.15, 0.2) is 30.3 Å². The number of esters is 1. The summed E-state index contributed by atoms with van der Waals surface area (Å²) >= 11 is 0. The monoisotopic (exact) mass is 330 g/mol. The first kappa shape index (κ1) is 17.2. The van der Waals surface area contributed by atoms with Crippen LogP contribution in [-0.2, 0) is 25.7 Å². The molecule has 0 amide bonds. The van der Waals surface area contributed by atoms with Gasteiger partial charge in [-0.25, -0.2) is 0 Å². The van der Waals surface area contributed by atoms with Crippen molar-refractivity contribution in [3.05, 3.63) is 35.9 Å². The Balaban J connectivity index is 1.31. The van der Waals surface area contributed by atoms with Crippen molar-refractivity contribution in [2.45, 2.75) is 45.1 Å². The molecule has 0 unspecified atom stereocenters. The van der Waals surface area contributed by atoms with E-state index in [0.717, 1.165) is 44.5 Å². The van der Waals surface area contributed by atoms with Crippen LogP contribution in [0.2, 0.25) is 0 Å². The van der Waals surface area contributed by atoms with Gasteiger partial charge in [0, 0.05) is 32.0 Å². The fourth-order valence-electron chi connectivity index (χ4n) is 3.60. The molecule has 0 spiro atoms. The first-order valence-electron chi connectivity index (χ1n) is 9.00. The smallest absolute Gasteiger partial charge is 0.306 e. The van der Waals surface area contributed by atoms with E-state index in [1.165, 1.54) is 0 Å². The fraction of sp³-hybridized carbons (Fsp3) is 0.600. The average Bonchev–Trinajstić information content (AvgIpc) is 2.57. The predicted molar refractivity (Wildman–Crippen MR) is 90.2 cm³/mol. The first-order valence-corrected chi connectivity index (χ1v) is 9.00. The van der Waals surface area contributed by atoms with Crippen LogP contribution in [-0.4, -0.2) is 25.0 Å². The molecule has 130 valence electrons. The Labute approximate surface area is 143 Å². The van der Waals surface area contributed by atoms with Crippen molar-refractivity contribution >= 4 is 11.8 Å². The van der Waals surface area contributed by atoms with Gasteiger partial charge in [0.05, 0.1) is 0 Å². The zero-order valence-electron chi connectivity index (χ0n) is 14.1. The number of ketones is 1. The lowest BCUT2D eigenvalue weighted by molar-refractivity contribution is -0.148.